The minimum absolute atomic E-state index is 0.121. The van der Waals surface area contributed by atoms with Crippen molar-refractivity contribution in [1.29, 1.82) is 0 Å². The molecule has 0 spiro atoms. The van der Waals surface area contributed by atoms with E-state index < -0.39 is 0 Å². The summed E-state index contributed by atoms with van der Waals surface area (Å²) in [6.45, 7) is 1.93. The van der Waals surface area contributed by atoms with Gasteiger partial charge in [-0.1, -0.05) is 48.5 Å². The summed E-state index contributed by atoms with van der Waals surface area (Å²) < 4.78 is 5.12. The first-order chi connectivity index (χ1) is 14.5. The molecule has 0 aliphatic heterocycles. The molecule has 30 heavy (non-hydrogen) atoms. The zero-order chi connectivity index (χ0) is 21.3. The lowest BCUT2D eigenvalue weighted by atomic mass is 10.1. The number of benzene rings is 3. The van der Waals surface area contributed by atoms with E-state index in [1.165, 1.54) is 6.08 Å². The van der Waals surface area contributed by atoms with Crippen LogP contribution in [0.2, 0.25) is 0 Å². The summed E-state index contributed by atoms with van der Waals surface area (Å²) in [4.78, 5) is 24.8. The first kappa shape index (κ1) is 20.9. The Balaban J connectivity index is 1.60. The van der Waals surface area contributed by atoms with E-state index in [1.54, 1.807) is 37.5 Å². The van der Waals surface area contributed by atoms with Gasteiger partial charge in [-0.3, -0.25) is 9.59 Å². The average molecular weight is 400 g/mol. The molecule has 1 unspecified atom stereocenters. The summed E-state index contributed by atoms with van der Waals surface area (Å²) in [6, 6.07) is 23.9. The van der Waals surface area contributed by atoms with Crippen LogP contribution >= 0.6 is 0 Å². The zero-order valence-electron chi connectivity index (χ0n) is 17.0. The van der Waals surface area contributed by atoms with Crippen LogP contribution < -0.4 is 15.4 Å². The maximum absolute atomic E-state index is 12.6. The van der Waals surface area contributed by atoms with E-state index in [2.05, 4.69) is 10.6 Å². The summed E-state index contributed by atoms with van der Waals surface area (Å²) in [7, 11) is 1.61. The molecule has 0 aliphatic carbocycles. The Morgan fingerprint density at radius 1 is 0.933 bits per heavy atom. The van der Waals surface area contributed by atoms with Crippen molar-refractivity contribution in [1.82, 2.24) is 5.32 Å². The molecule has 2 N–H and O–H groups in total. The summed E-state index contributed by atoms with van der Waals surface area (Å²) in [5, 5.41) is 5.76. The maximum Gasteiger partial charge on any atom is 0.251 e. The van der Waals surface area contributed by atoms with E-state index in [-0.39, 0.29) is 17.9 Å². The SMILES string of the molecule is COc1ccc(/C=C/C(=O)Nc2cccc(C(=O)NC(C)c3ccccc3)c2)cc1. The highest BCUT2D eigenvalue weighted by Crippen LogP contribution is 2.16. The van der Waals surface area contributed by atoms with Crippen LogP contribution in [0.4, 0.5) is 5.69 Å². The van der Waals surface area contributed by atoms with Crippen LogP contribution in [-0.4, -0.2) is 18.9 Å². The van der Waals surface area contributed by atoms with Crippen LogP contribution in [-0.2, 0) is 4.79 Å². The second kappa shape index (κ2) is 10.1. The molecule has 5 heteroatoms. The molecule has 0 saturated heterocycles. The molecule has 0 aromatic heterocycles. The fourth-order valence-corrected chi connectivity index (χ4v) is 2.91. The van der Waals surface area contributed by atoms with Gasteiger partial charge >= 0.3 is 0 Å². The molecule has 0 heterocycles. The van der Waals surface area contributed by atoms with Crippen LogP contribution in [0.3, 0.4) is 0 Å². The van der Waals surface area contributed by atoms with Crippen molar-refractivity contribution >= 4 is 23.6 Å². The fraction of sp³-hybridized carbons (Fsp3) is 0.120. The average Bonchev–Trinajstić information content (AvgIpc) is 2.78. The molecule has 3 rings (SSSR count). The predicted molar refractivity (Wildman–Crippen MR) is 119 cm³/mol. The van der Waals surface area contributed by atoms with E-state index in [9.17, 15) is 9.59 Å². The zero-order valence-corrected chi connectivity index (χ0v) is 17.0. The van der Waals surface area contributed by atoms with Gasteiger partial charge in [-0.25, -0.2) is 0 Å². The Hall–Kier alpha value is -3.86. The molecule has 0 radical (unpaired) electrons. The van der Waals surface area contributed by atoms with Gasteiger partial charge in [0.1, 0.15) is 5.75 Å². The van der Waals surface area contributed by atoms with E-state index in [1.807, 2.05) is 61.5 Å². The normalized spacial score (nSPS) is 11.7. The minimum Gasteiger partial charge on any atom is -0.497 e. The van der Waals surface area contributed by atoms with Crippen LogP contribution in [0.5, 0.6) is 5.75 Å². The predicted octanol–water partition coefficient (Wildman–Crippen LogP) is 4.84. The molecule has 0 aliphatic rings. The fourth-order valence-electron chi connectivity index (χ4n) is 2.91. The Kier molecular flexibility index (Phi) is 7.00. The first-order valence-electron chi connectivity index (χ1n) is 9.64. The molecule has 3 aromatic rings. The molecule has 0 saturated carbocycles. The number of rotatable bonds is 7. The smallest absolute Gasteiger partial charge is 0.251 e. The highest BCUT2D eigenvalue weighted by atomic mass is 16.5. The second-order valence-electron chi connectivity index (χ2n) is 6.78. The summed E-state index contributed by atoms with van der Waals surface area (Å²) in [5.74, 6) is 0.283. The van der Waals surface area contributed by atoms with E-state index in [4.69, 9.17) is 4.74 Å². The van der Waals surface area contributed by atoms with Gasteiger partial charge in [-0.15, -0.1) is 0 Å². The number of ether oxygens (including phenoxy) is 1. The van der Waals surface area contributed by atoms with Gasteiger partial charge in [-0.05, 0) is 54.5 Å². The number of methoxy groups -OCH3 is 1. The maximum atomic E-state index is 12.6. The molecule has 152 valence electrons. The minimum atomic E-state index is -0.277. The quantitative estimate of drug-likeness (QED) is 0.558. The Morgan fingerprint density at radius 3 is 2.37 bits per heavy atom. The van der Waals surface area contributed by atoms with Crippen LogP contribution in [0.1, 0.15) is 34.5 Å². The van der Waals surface area contributed by atoms with Crippen molar-refractivity contribution < 1.29 is 14.3 Å². The number of hydrogen-bond acceptors (Lipinski definition) is 3. The van der Waals surface area contributed by atoms with Gasteiger partial charge in [0.15, 0.2) is 0 Å². The third kappa shape index (κ3) is 5.82. The number of nitrogens with one attached hydrogen (secondary N) is 2. The van der Waals surface area contributed by atoms with Crippen molar-refractivity contribution in [2.24, 2.45) is 0 Å². The van der Waals surface area contributed by atoms with Crippen molar-refractivity contribution in [3.63, 3.8) is 0 Å². The lowest BCUT2D eigenvalue weighted by Gasteiger charge is -2.14. The lowest BCUT2D eigenvalue weighted by Crippen LogP contribution is -2.26. The van der Waals surface area contributed by atoms with Crippen LogP contribution in [0.15, 0.2) is 84.9 Å². The number of anilines is 1. The number of carbonyl (C=O) groups excluding carboxylic acids is 2. The van der Waals surface area contributed by atoms with Gasteiger partial charge in [0.05, 0.1) is 13.2 Å². The highest BCUT2D eigenvalue weighted by molar-refractivity contribution is 6.03. The Labute approximate surface area is 176 Å². The van der Waals surface area contributed by atoms with Gasteiger partial charge < -0.3 is 15.4 Å². The topological polar surface area (TPSA) is 67.4 Å². The van der Waals surface area contributed by atoms with Gasteiger partial charge in [-0.2, -0.15) is 0 Å². The number of hydrogen-bond donors (Lipinski definition) is 2. The van der Waals surface area contributed by atoms with E-state index >= 15 is 0 Å². The summed E-state index contributed by atoms with van der Waals surface area (Å²) >= 11 is 0. The molecule has 3 aromatic carbocycles. The Bertz CT molecular complexity index is 1030. The van der Waals surface area contributed by atoms with Crippen molar-refractivity contribution in [2.75, 3.05) is 12.4 Å². The van der Waals surface area contributed by atoms with E-state index in [0.29, 0.717) is 11.3 Å². The largest absolute Gasteiger partial charge is 0.497 e. The first-order valence-corrected chi connectivity index (χ1v) is 9.64. The van der Waals surface area contributed by atoms with Gasteiger partial charge in [0.25, 0.3) is 5.91 Å². The lowest BCUT2D eigenvalue weighted by molar-refractivity contribution is -0.111. The van der Waals surface area contributed by atoms with Gasteiger partial charge in [0.2, 0.25) is 5.91 Å². The second-order valence-corrected chi connectivity index (χ2v) is 6.78. The van der Waals surface area contributed by atoms with Crippen molar-refractivity contribution in [2.45, 2.75) is 13.0 Å². The summed E-state index contributed by atoms with van der Waals surface area (Å²) in [6.07, 6.45) is 3.17. The molecule has 5 nitrogen and oxygen atoms in total. The van der Waals surface area contributed by atoms with Crippen LogP contribution in [0, 0.1) is 0 Å². The third-order valence-corrected chi connectivity index (χ3v) is 4.58. The molecular formula is C25H24N2O3. The third-order valence-electron chi connectivity index (χ3n) is 4.58. The van der Waals surface area contributed by atoms with Crippen molar-refractivity contribution in [3.05, 3.63) is 102 Å². The molecule has 0 bridgehead atoms. The molecule has 1 atom stereocenters. The molecular weight excluding hydrogens is 376 g/mol. The number of amides is 2. The number of carbonyl (C=O) groups is 2. The molecule has 2 amide bonds. The van der Waals surface area contributed by atoms with Crippen molar-refractivity contribution in [3.8, 4) is 5.75 Å². The standard InChI is InChI=1S/C25H24N2O3/c1-18(20-7-4-3-5-8-20)26-25(29)21-9-6-10-22(17-21)27-24(28)16-13-19-11-14-23(30-2)15-12-19/h3-18H,1-2H3,(H,26,29)(H,27,28)/b16-13+. The van der Waals surface area contributed by atoms with Gasteiger partial charge in [0, 0.05) is 17.3 Å². The highest BCUT2D eigenvalue weighted by Gasteiger charge is 2.12. The summed E-state index contributed by atoms with van der Waals surface area (Å²) in [5.41, 5.74) is 2.95. The van der Waals surface area contributed by atoms with Crippen LogP contribution in [0.25, 0.3) is 6.08 Å². The monoisotopic (exact) mass is 400 g/mol. The molecule has 0 fully saturated rings. The van der Waals surface area contributed by atoms with E-state index in [0.717, 1.165) is 16.9 Å². The Morgan fingerprint density at radius 2 is 1.67 bits per heavy atom.